The molecule has 1 aromatic carbocycles. The highest BCUT2D eigenvalue weighted by Gasteiger charge is 2.29. The van der Waals surface area contributed by atoms with E-state index in [1.165, 1.54) is 6.07 Å². The van der Waals surface area contributed by atoms with Crippen LogP contribution in [0.2, 0.25) is 0 Å². The third-order valence-corrected chi connectivity index (χ3v) is 4.34. The molecule has 2 atom stereocenters. The zero-order valence-corrected chi connectivity index (χ0v) is 12.8. The molecule has 0 fully saturated rings. The van der Waals surface area contributed by atoms with Gasteiger partial charge in [-0.2, -0.15) is 0 Å². The van der Waals surface area contributed by atoms with Gasteiger partial charge < -0.3 is 4.90 Å². The molecule has 0 aliphatic heterocycles. The van der Waals surface area contributed by atoms with Crippen molar-refractivity contribution in [3.05, 3.63) is 51.8 Å². The van der Waals surface area contributed by atoms with Gasteiger partial charge in [-0.3, -0.25) is 0 Å². The normalized spacial score (nSPS) is 22.8. The number of anilines is 1. The summed E-state index contributed by atoms with van der Waals surface area (Å²) in [5.41, 5.74) is 1.24. The van der Waals surface area contributed by atoms with Gasteiger partial charge in [0.05, 0.1) is 10.4 Å². The minimum atomic E-state index is -0.447. The van der Waals surface area contributed by atoms with Crippen molar-refractivity contribution < 1.29 is 4.39 Å². The summed E-state index contributed by atoms with van der Waals surface area (Å²) in [6, 6.07) is 5.00. The van der Waals surface area contributed by atoms with E-state index in [4.69, 9.17) is 34.8 Å². The summed E-state index contributed by atoms with van der Waals surface area (Å²) in [4.78, 5) is 1.83. The van der Waals surface area contributed by atoms with Crippen molar-refractivity contribution in [1.82, 2.24) is 0 Å². The molecule has 19 heavy (non-hydrogen) atoms. The third kappa shape index (κ3) is 2.91. The van der Waals surface area contributed by atoms with Crippen LogP contribution in [0.25, 0.3) is 0 Å². The SMILES string of the molecule is CN(C)c1ccc(C2C(Cl)=C(Cl)C=CC2Cl)c(F)c1. The number of nitrogens with zero attached hydrogens (tertiary/aromatic N) is 1. The molecule has 1 aliphatic rings. The highest BCUT2D eigenvalue weighted by Crippen LogP contribution is 2.41. The molecule has 0 saturated carbocycles. The maximum absolute atomic E-state index is 14.2. The van der Waals surface area contributed by atoms with Gasteiger partial charge in [-0.15, -0.1) is 11.6 Å². The molecule has 0 radical (unpaired) electrons. The average Bonchev–Trinajstić information content (AvgIpc) is 2.36. The Morgan fingerprint density at radius 1 is 1.21 bits per heavy atom. The first-order chi connectivity index (χ1) is 8.91. The molecule has 0 saturated heterocycles. The predicted octanol–water partition coefficient (Wildman–Crippen LogP) is 4.84. The van der Waals surface area contributed by atoms with E-state index in [1.54, 1.807) is 18.2 Å². The van der Waals surface area contributed by atoms with Gasteiger partial charge in [0.15, 0.2) is 0 Å². The number of halogens is 4. The van der Waals surface area contributed by atoms with E-state index < -0.39 is 11.3 Å². The molecular formula is C14H13Cl3FN. The molecular weight excluding hydrogens is 308 g/mol. The highest BCUT2D eigenvalue weighted by atomic mass is 35.5. The van der Waals surface area contributed by atoms with Crippen LogP contribution in [0.3, 0.4) is 0 Å². The summed E-state index contributed by atoms with van der Waals surface area (Å²) in [6.07, 6.45) is 3.36. The molecule has 2 unspecified atom stereocenters. The van der Waals surface area contributed by atoms with Crippen molar-refractivity contribution in [3.8, 4) is 0 Å². The molecule has 0 N–H and O–H groups in total. The predicted molar refractivity (Wildman–Crippen MR) is 81.0 cm³/mol. The van der Waals surface area contributed by atoms with Crippen LogP contribution in [0, 0.1) is 5.82 Å². The Balaban J connectivity index is 2.45. The van der Waals surface area contributed by atoms with Crippen molar-refractivity contribution in [2.75, 3.05) is 19.0 Å². The summed E-state index contributed by atoms with van der Waals surface area (Å²) in [6.45, 7) is 0. The number of benzene rings is 1. The van der Waals surface area contributed by atoms with Crippen molar-refractivity contribution in [3.63, 3.8) is 0 Å². The monoisotopic (exact) mass is 319 g/mol. The van der Waals surface area contributed by atoms with E-state index in [2.05, 4.69) is 0 Å². The Labute approximate surface area is 127 Å². The fraction of sp³-hybridized carbons (Fsp3) is 0.286. The fourth-order valence-corrected chi connectivity index (χ4v) is 2.92. The lowest BCUT2D eigenvalue weighted by Gasteiger charge is -2.25. The van der Waals surface area contributed by atoms with Gasteiger partial charge in [-0.1, -0.05) is 35.3 Å². The zero-order valence-electron chi connectivity index (χ0n) is 10.5. The fourth-order valence-electron chi connectivity index (χ4n) is 2.01. The minimum absolute atomic E-state index is 0.334. The van der Waals surface area contributed by atoms with Gasteiger partial charge in [0, 0.05) is 30.7 Å². The zero-order chi connectivity index (χ0) is 14.2. The van der Waals surface area contributed by atoms with Crippen molar-refractivity contribution in [2.45, 2.75) is 11.3 Å². The molecule has 0 amide bonds. The second-order valence-corrected chi connectivity index (χ2v) is 5.90. The van der Waals surface area contributed by atoms with Crippen LogP contribution in [0.1, 0.15) is 11.5 Å². The summed E-state index contributed by atoms with van der Waals surface area (Å²) in [5, 5.41) is 0.370. The number of alkyl halides is 1. The van der Waals surface area contributed by atoms with Crippen molar-refractivity contribution in [2.24, 2.45) is 0 Å². The van der Waals surface area contributed by atoms with Gasteiger partial charge in [0.25, 0.3) is 0 Å². The Morgan fingerprint density at radius 2 is 1.89 bits per heavy atom. The summed E-state index contributed by atoms with van der Waals surface area (Å²) in [5.74, 6) is -0.781. The standard InChI is InChI=1S/C14H13Cl3FN/c1-19(2)8-3-4-9(12(18)7-8)13-10(15)5-6-11(16)14(13)17/h3-7,10,13H,1-2H3. The van der Waals surface area contributed by atoms with Crippen LogP contribution in [0.5, 0.6) is 0 Å². The molecule has 102 valence electrons. The van der Waals surface area contributed by atoms with Crippen LogP contribution in [-0.4, -0.2) is 19.5 Å². The lowest BCUT2D eigenvalue weighted by molar-refractivity contribution is 0.598. The van der Waals surface area contributed by atoms with E-state index in [1.807, 2.05) is 25.1 Å². The van der Waals surface area contributed by atoms with Gasteiger partial charge in [-0.05, 0) is 23.8 Å². The Morgan fingerprint density at radius 3 is 2.47 bits per heavy atom. The summed E-state index contributed by atoms with van der Waals surface area (Å²) < 4.78 is 14.2. The van der Waals surface area contributed by atoms with E-state index >= 15 is 0 Å². The first kappa shape index (κ1) is 14.7. The molecule has 0 spiro atoms. The quantitative estimate of drug-likeness (QED) is 0.705. The van der Waals surface area contributed by atoms with Crippen molar-refractivity contribution in [1.29, 1.82) is 0 Å². The van der Waals surface area contributed by atoms with Gasteiger partial charge >= 0.3 is 0 Å². The first-order valence-corrected chi connectivity index (χ1v) is 6.95. The second-order valence-electron chi connectivity index (χ2n) is 4.58. The third-order valence-electron chi connectivity index (χ3n) is 3.08. The Hall–Kier alpha value is -0.700. The molecule has 1 aromatic rings. The highest BCUT2D eigenvalue weighted by molar-refractivity contribution is 6.41. The van der Waals surface area contributed by atoms with E-state index in [0.717, 1.165) is 5.69 Å². The van der Waals surface area contributed by atoms with Crippen LogP contribution >= 0.6 is 34.8 Å². The Bertz CT molecular complexity index is 552. The van der Waals surface area contributed by atoms with Crippen molar-refractivity contribution >= 4 is 40.5 Å². The first-order valence-electron chi connectivity index (χ1n) is 5.76. The maximum Gasteiger partial charge on any atom is 0.129 e. The van der Waals surface area contributed by atoms with Crippen LogP contribution in [-0.2, 0) is 0 Å². The van der Waals surface area contributed by atoms with Gasteiger partial charge in [-0.25, -0.2) is 4.39 Å². The second kappa shape index (κ2) is 5.74. The number of allylic oxidation sites excluding steroid dienone is 4. The maximum atomic E-state index is 14.2. The smallest absolute Gasteiger partial charge is 0.129 e. The van der Waals surface area contributed by atoms with Crippen LogP contribution in [0.4, 0.5) is 10.1 Å². The van der Waals surface area contributed by atoms with E-state index in [-0.39, 0.29) is 5.82 Å². The lowest BCUT2D eigenvalue weighted by Crippen LogP contribution is -2.17. The van der Waals surface area contributed by atoms with E-state index in [9.17, 15) is 4.39 Å². The van der Waals surface area contributed by atoms with Crippen LogP contribution in [0.15, 0.2) is 40.4 Å². The Kier molecular flexibility index (Phi) is 4.44. The van der Waals surface area contributed by atoms with Gasteiger partial charge in [0.2, 0.25) is 0 Å². The average molecular weight is 321 g/mol. The van der Waals surface area contributed by atoms with Crippen LogP contribution < -0.4 is 4.90 Å². The van der Waals surface area contributed by atoms with E-state index in [0.29, 0.717) is 15.6 Å². The lowest BCUT2D eigenvalue weighted by atomic mass is 9.91. The molecule has 0 bridgehead atoms. The largest absolute Gasteiger partial charge is 0.378 e. The summed E-state index contributed by atoms with van der Waals surface area (Å²) >= 11 is 18.4. The number of hydrogen-bond donors (Lipinski definition) is 0. The topological polar surface area (TPSA) is 3.24 Å². The molecule has 1 nitrogen and oxygen atoms in total. The number of rotatable bonds is 2. The minimum Gasteiger partial charge on any atom is -0.378 e. The molecule has 0 aromatic heterocycles. The summed E-state index contributed by atoms with van der Waals surface area (Å²) in [7, 11) is 3.71. The molecule has 1 aliphatic carbocycles. The molecule has 5 heteroatoms. The van der Waals surface area contributed by atoms with Gasteiger partial charge in [0.1, 0.15) is 5.82 Å². The number of hydrogen-bond acceptors (Lipinski definition) is 1. The molecule has 2 rings (SSSR count). The molecule has 0 heterocycles.